The average Bonchev–Trinajstić information content (AvgIpc) is 3.37. The van der Waals surface area contributed by atoms with Crippen LogP contribution in [0.25, 0.3) is 34.0 Å². The van der Waals surface area contributed by atoms with Crippen LogP contribution in [0.5, 0.6) is 5.75 Å². The zero-order valence-electron chi connectivity index (χ0n) is 15.6. The minimum Gasteiger partial charge on any atom is -0.497 e. The second-order valence-electron chi connectivity index (χ2n) is 6.42. The molecular formula is C22H14F3N3O2. The van der Waals surface area contributed by atoms with E-state index in [2.05, 4.69) is 16.0 Å². The molecule has 0 amide bonds. The third-order valence-electron chi connectivity index (χ3n) is 4.45. The van der Waals surface area contributed by atoms with Crippen LogP contribution in [-0.2, 0) is 6.18 Å². The smallest absolute Gasteiger partial charge is 0.416 e. The van der Waals surface area contributed by atoms with E-state index in [4.69, 9.17) is 9.15 Å². The largest absolute Gasteiger partial charge is 0.497 e. The molecule has 4 rings (SSSR count). The van der Waals surface area contributed by atoms with Gasteiger partial charge >= 0.3 is 6.18 Å². The Labute approximate surface area is 169 Å². The van der Waals surface area contributed by atoms with Crippen molar-refractivity contribution in [3.05, 3.63) is 71.7 Å². The fraction of sp³-hybridized carbons (Fsp3) is 0.0909. The molecule has 0 aliphatic carbocycles. The third-order valence-corrected chi connectivity index (χ3v) is 4.45. The van der Waals surface area contributed by atoms with Gasteiger partial charge in [-0.2, -0.15) is 18.4 Å². The summed E-state index contributed by atoms with van der Waals surface area (Å²) in [6.45, 7) is 0. The van der Waals surface area contributed by atoms with Crippen LogP contribution in [0.3, 0.4) is 0 Å². The summed E-state index contributed by atoms with van der Waals surface area (Å²) >= 11 is 0. The van der Waals surface area contributed by atoms with Gasteiger partial charge in [-0.15, -0.1) is 0 Å². The molecule has 8 heteroatoms. The maximum Gasteiger partial charge on any atom is 0.416 e. The molecule has 0 atom stereocenters. The second kappa shape index (κ2) is 7.44. The van der Waals surface area contributed by atoms with Gasteiger partial charge < -0.3 is 14.1 Å². The molecule has 1 N–H and O–H groups in total. The Hall–Kier alpha value is -3.99. The van der Waals surface area contributed by atoms with Crippen molar-refractivity contribution in [2.75, 3.05) is 7.11 Å². The Morgan fingerprint density at radius 2 is 2.00 bits per heavy atom. The summed E-state index contributed by atoms with van der Waals surface area (Å²) in [5.41, 5.74) is 1.11. The van der Waals surface area contributed by atoms with Crippen LogP contribution in [0.4, 0.5) is 13.2 Å². The van der Waals surface area contributed by atoms with Crippen LogP contribution >= 0.6 is 0 Å². The molecule has 0 bridgehead atoms. The number of fused-ring (bicyclic) bond motifs is 1. The molecule has 150 valence electrons. The van der Waals surface area contributed by atoms with Crippen LogP contribution in [-0.4, -0.2) is 17.1 Å². The molecular weight excluding hydrogens is 395 g/mol. The standard InChI is InChI=1S/C22H14F3N3O2/c1-29-16-5-7-18-19(11-16)28-21(27-18)14(12-26)10-17-6-8-20(30-17)13-3-2-4-15(9-13)22(23,24)25/h2-11H,1H3,(H,27,28)/b14-10-. The Morgan fingerprint density at radius 1 is 1.17 bits per heavy atom. The van der Waals surface area contributed by atoms with E-state index in [9.17, 15) is 18.4 Å². The van der Waals surface area contributed by atoms with Crippen molar-refractivity contribution < 1.29 is 22.3 Å². The first kappa shape index (κ1) is 19.3. The molecule has 0 fully saturated rings. The van der Waals surface area contributed by atoms with Gasteiger partial charge in [0.05, 0.1) is 29.3 Å². The van der Waals surface area contributed by atoms with E-state index in [0.717, 1.165) is 12.1 Å². The van der Waals surface area contributed by atoms with E-state index in [1.165, 1.54) is 18.2 Å². The average molecular weight is 409 g/mol. The van der Waals surface area contributed by atoms with Crippen LogP contribution in [0.1, 0.15) is 17.1 Å². The Morgan fingerprint density at radius 3 is 2.73 bits per heavy atom. The van der Waals surface area contributed by atoms with Gasteiger partial charge in [-0.3, -0.25) is 0 Å². The van der Waals surface area contributed by atoms with E-state index < -0.39 is 11.7 Å². The quantitative estimate of drug-likeness (QED) is 0.425. The SMILES string of the molecule is COc1ccc2nc(/C(C#N)=C\c3ccc(-c4cccc(C(F)(F)F)c4)o3)[nH]c2c1. The molecule has 0 aliphatic rings. The molecule has 2 heterocycles. The number of nitriles is 1. The summed E-state index contributed by atoms with van der Waals surface area (Å²) in [5, 5.41) is 9.55. The molecule has 4 aromatic rings. The number of furan rings is 1. The van der Waals surface area contributed by atoms with E-state index in [1.807, 2.05) is 0 Å². The molecule has 0 unspecified atom stereocenters. The van der Waals surface area contributed by atoms with Gasteiger partial charge in [-0.1, -0.05) is 12.1 Å². The summed E-state index contributed by atoms with van der Waals surface area (Å²) in [5.74, 6) is 1.57. The van der Waals surface area contributed by atoms with E-state index in [-0.39, 0.29) is 11.3 Å². The number of allylic oxidation sites excluding steroid dienone is 1. The van der Waals surface area contributed by atoms with Crippen molar-refractivity contribution in [1.29, 1.82) is 5.26 Å². The zero-order chi connectivity index (χ0) is 21.3. The third kappa shape index (κ3) is 3.78. The normalized spacial score (nSPS) is 12.2. The van der Waals surface area contributed by atoms with Gasteiger partial charge in [0.15, 0.2) is 0 Å². The number of rotatable bonds is 4. The van der Waals surface area contributed by atoms with Crippen LogP contribution in [0.15, 0.2) is 59.0 Å². The molecule has 30 heavy (non-hydrogen) atoms. The number of hydrogen-bond donors (Lipinski definition) is 1. The molecule has 2 aromatic heterocycles. The summed E-state index contributed by atoms with van der Waals surface area (Å²) in [4.78, 5) is 7.45. The highest BCUT2D eigenvalue weighted by Crippen LogP contribution is 2.33. The highest BCUT2D eigenvalue weighted by molar-refractivity contribution is 5.90. The van der Waals surface area contributed by atoms with Crippen molar-refractivity contribution in [2.24, 2.45) is 0 Å². The molecule has 0 radical (unpaired) electrons. The summed E-state index contributed by atoms with van der Waals surface area (Å²) in [6.07, 6.45) is -2.96. The number of nitrogens with one attached hydrogen (secondary N) is 1. The lowest BCUT2D eigenvalue weighted by atomic mass is 10.1. The monoisotopic (exact) mass is 409 g/mol. The van der Waals surface area contributed by atoms with Crippen molar-refractivity contribution in [3.8, 4) is 23.1 Å². The lowest BCUT2D eigenvalue weighted by Crippen LogP contribution is -2.04. The van der Waals surface area contributed by atoms with Crippen molar-refractivity contribution in [1.82, 2.24) is 9.97 Å². The molecule has 2 aromatic carbocycles. The predicted octanol–water partition coefficient (Wildman–Crippen LogP) is 5.91. The van der Waals surface area contributed by atoms with Crippen molar-refractivity contribution in [3.63, 3.8) is 0 Å². The lowest BCUT2D eigenvalue weighted by molar-refractivity contribution is -0.137. The first-order valence-corrected chi connectivity index (χ1v) is 8.81. The van der Waals surface area contributed by atoms with Gasteiger partial charge in [0.25, 0.3) is 0 Å². The first-order valence-electron chi connectivity index (χ1n) is 8.81. The fourth-order valence-corrected chi connectivity index (χ4v) is 2.97. The Kier molecular flexibility index (Phi) is 4.80. The number of aromatic amines is 1. The van der Waals surface area contributed by atoms with Gasteiger partial charge in [0.2, 0.25) is 0 Å². The van der Waals surface area contributed by atoms with Crippen LogP contribution < -0.4 is 4.74 Å². The molecule has 0 spiro atoms. The number of H-pyrrole nitrogens is 1. The number of benzene rings is 2. The second-order valence-corrected chi connectivity index (χ2v) is 6.42. The minimum atomic E-state index is -4.44. The highest BCUT2D eigenvalue weighted by atomic mass is 19.4. The summed E-state index contributed by atoms with van der Waals surface area (Å²) in [7, 11) is 1.55. The van der Waals surface area contributed by atoms with E-state index in [1.54, 1.807) is 37.4 Å². The van der Waals surface area contributed by atoms with Crippen molar-refractivity contribution >= 4 is 22.7 Å². The number of halogens is 3. The molecule has 0 saturated heterocycles. The van der Waals surface area contributed by atoms with Crippen LogP contribution in [0.2, 0.25) is 0 Å². The molecule has 0 aliphatic heterocycles. The number of ether oxygens (including phenoxy) is 1. The maximum atomic E-state index is 12.9. The van der Waals surface area contributed by atoms with Gasteiger partial charge in [-0.05, 0) is 36.4 Å². The van der Waals surface area contributed by atoms with Crippen LogP contribution in [0, 0.1) is 11.3 Å². The fourth-order valence-electron chi connectivity index (χ4n) is 2.97. The van der Waals surface area contributed by atoms with Gasteiger partial charge in [0.1, 0.15) is 29.2 Å². The molecule has 0 saturated carbocycles. The molecule has 5 nitrogen and oxygen atoms in total. The number of aromatic nitrogens is 2. The number of methoxy groups -OCH3 is 1. The topological polar surface area (TPSA) is 74.8 Å². The maximum absolute atomic E-state index is 12.9. The lowest BCUT2D eigenvalue weighted by Gasteiger charge is -2.07. The number of alkyl halides is 3. The zero-order valence-corrected chi connectivity index (χ0v) is 15.6. The number of nitrogens with zero attached hydrogens (tertiary/aromatic N) is 2. The number of hydrogen-bond acceptors (Lipinski definition) is 4. The Balaban J connectivity index is 1.67. The minimum absolute atomic E-state index is 0.218. The van der Waals surface area contributed by atoms with E-state index >= 15 is 0 Å². The summed E-state index contributed by atoms with van der Waals surface area (Å²) in [6, 6.07) is 15.4. The van der Waals surface area contributed by atoms with E-state index in [0.29, 0.717) is 33.9 Å². The predicted molar refractivity (Wildman–Crippen MR) is 105 cm³/mol. The highest BCUT2D eigenvalue weighted by Gasteiger charge is 2.30. The van der Waals surface area contributed by atoms with Crippen molar-refractivity contribution in [2.45, 2.75) is 6.18 Å². The summed E-state index contributed by atoms with van der Waals surface area (Å²) < 4.78 is 49.6. The Bertz CT molecular complexity index is 1290. The van der Waals surface area contributed by atoms with Gasteiger partial charge in [0, 0.05) is 17.7 Å². The van der Waals surface area contributed by atoms with Gasteiger partial charge in [-0.25, -0.2) is 4.98 Å². The number of imidazole rings is 1. The first-order chi connectivity index (χ1) is 14.4.